The van der Waals surface area contributed by atoms with E-state index in [9.17, 15) is 13.2 Å². The van der Waals surface area contributed by atoms with Crippen molar-refractivity contribution in [3.8, 4) is 0 Å². The Labute approximate surface area is 86.5 Å². The van der Waals surface area contributed by atoms with E-state index in [0.29, 0.717) is 17.7 Å². The van der Waals surface area contributed by atoms with E-state index in [2.05, 4.69) is 0 Å². The van der Waals surface area contributed by atoms with Gasteiger partial charge in [-0.2, -0.15) is 13.2 Å². The molecule has 1 aromatic carbocycles. The zero-order chi connectivity index (χ0) is 11.1. The third kappa shape index (κ3) is 2.25. The normalized spacial score (nSPS) is 16.5. The number of anilines is 1. The average molecular weight is 215 g/mol. The second-order valence-electron chi connectivity index (χ2n) is 3.90. The van der Waals surface area contributed by atoms with Crippen molar-refractivity contribution in [2.45, 2.75) is 32.1 Å². The highest BCUT2D eigenvalue weighted by molar-refractivity contribution is 5.50. The highest BCUT2D eigenvalue weighted by Crippen LogP contribution is 2.39. The lowest BCUT2D eigenvalue weighted by molar-refractivity contribution is -0.130. The number of rotatable bonds is 2. The Balaban J connectivity index is 2.28. The molecule has 0 radical (unpaired) electrons. The molecule has 0 aliphatic heterocycles. The van der Waals surface area contributed by atoms with Crippen molar-refractivity contribution in [3.05, 3.63) is 29.8 Å². The van der Waals surface area contributed by atoms with Gasteiger partial charge in [0.2, 0.25) is 0 Å². The van der Waals surface area contributed by atoms with Crippen LogP contribution in [0.25, 0.3) is 0 Å². The molecule has 2 rings (SSSR count). The minimum absolute atomic E-state index is 0.246. The van der Waals surface area contributed by atoms with E-state index in [1.165, 1.54) is 12.1 Å². The van der Waals surface area contributed by atoms with Crippen LogP contribution < -0.4 is 4.90 Å². The van der Waals surface area contributed by atoms with Crippen molar-refractivity contribution in [1.29, 1.82) is 0 Å². The van der Waals surface area contributed by atoms with Crippen LogP contribution in [0.4, 0.5) is 18.9 Å². The molecule has 0 aromatic heterocycles. The van der Waals surface area contributed by atoms with Crippen molar-refractivity contribution < 1.29 is 13.2 Å². The van der Waals surface area contributed by atoms with E-state index >= 15 is 0 Å². The summed E-state index contributed by atoms with van der Waals surface area (Å²) in [4.78, 5) is 0.562. The Hall–Kier alpha value is -1.19. The monoisotopic (exact) mass is 215 g/mol. The van der Waals surface area contributed by atoms with Crippen LogP contribution in [0.2, 0.25) is 0 Å². The van der Waals surface area contributed by atoms with E-state index in [-0.39, 0.29) is 11.7 Å². The topological polar surface area (TPSA) is 3.24 Å². The fraction of sp³-hybridized carbons (Fsp3) is 0.455. The number of alkyl halides is 3. The Bertz CT molecular complexity index is 338. The molecule has 4 heteroatoms. The maximum Gasteiger partial charge on any atom is 0.485 e. The van der Waals surface area contributed by atoms with Gasteiger partial charge in [0.1, 0.15) is 0 Å². The highest BCUT2D eigenvalue weighted by Gasteiger charge is 2.46. The second-order valence-corrected chi connectivity index (χ2v) is 3.90. The number of aryl methyl sites for hydroxylation is 1. The van der Waals surface area contributed by atoms with Gasteiger partial charge in [0, 0.05) is 11.7 Å². The number of hydrogen-bond donors (Lipinski definition) is 0. The number of hydrogen-bond acceptors (Lipinski definition) is 1. The lowest BCUT2D eigenvalue weighted by atomic mass is 10.2. The Morgan fingerprint density at radius 2 is 1.67 bits per heavy atom. The minimum Gasteiger partial charge on any atom is -0.281 e. The smallest absolute Gasteiger partial charge is 0.281 e. The first kappa shape index (κ1) is 10.3. The van der Waals surface area contributed by atoms with Crippen LogP contribution >= 0.6 is 0 Å². The molecule has 0 saturated heterocycles. The summed E-state index contributed by atoms with van der Waals surface area (Å²) >= 11 is 0. The number of benzene rings is 1. The summed E-state index contributed by atoms with van der Waals surface area (Å²) in [6.07, 6.45) is -3.00. The van der Waals surface area contributed by atoms with Gasteiger partial charge in [-0.15, -0.1) is 0 Å². The van der Waals surface area contributed by atoms with Gasteiger partial charge in [0.05, 0.1) is 0 Å². The zero-order valence-corrected chi connectivity index (χ0v) is 8.38. The first-order valence-corrected chi connectivity index (χ1v) is 4.91. The van der Waals surface area contributed by atoms with E-state index < -0.39 is 6.30 Å². The van der Waals surface area contributed by atoms with Crippen molar-refractivity contribution >= 4 is 5.69 Å². The average Bonchev–Trinajstić information content (AvgIpc) is 2.90. The van der Waals surface area contributed by atoms with Crippen molar-refractivity contribution in [1.82, 2.24) is 0 Å². The molecule has 1 saturated carbocycles. The van der Waals surface area contributed by atoms with Crippen LogP contribution in [0.5, 0.6) is 0 Å². The number of halogens is 3. The number of nitrogens with zero attached hydrogens (tertiary/aromatic N) is 1. The molecule has 0 unspecified atom stereocenters. The van der Waals surface area contributed by atoms with Crippen LogP contribution in [0.1, 0.15) is 18.4 Å². The molecule has 0 spiro atoms. The summed E-state index contributed by atoms with van der Waals surface area (Å²) in [6, 6.07) is 6.11. The standard InChI is InChI=1S/C11H12F3N/c1-8-2-4-9(5-3-8)15(10-6-7-10)11(12,13)14/h2-5,10H,6-7H2,1H3. The van der Waals surface area contributed by atoms with E-state index in [1.54, 1.807) is 12.1 Å². The van der Waals surface area contributed by atoms with Gasteiger partial charge in [-0.05, 0) is 31.9 Å². The summed E-state index contributed by atoms with van der Waals surface area (Å²) in [5, 5.41) is 0. The summed E-state index contributed by atoms with van der Waals surface area (Å²) in [5.41, 5.74) is 1.22. The predicted molar refractivity (Wildman–Crippen MR) is 52.7 cm³/mol. The summed E-state index contributed by atoms with van der Waals surface area (Å²) < 4.78 is 38.2. The van der Waals surface area contributed by atoms with E-state index in [0.717, 1.165) is 5.56 Å². The Kier molecular flexibility index (Phi) is 2.37. The van der Waals surface area contributed by atoms with Gasteiger partial charge in [-0.3, -0.25) is 4.90 Å². The molecule has 0 atom stereocenters. The Morgan fingerprint density at radius 1 is 1.13 bits per heavy atom. The molecular formula is C11H12F3N. The third-order valence-corrected chi connectivity index (χ3v) is 2.50. The van der Waals surface area contributed by atoms with Gasteiger partial charge in [0.25, 0.3) is 0 Å². The minimum atomic E-state index is -4.27. The van der Waals surface area contributed by atoms with Gasteiger partial charge in [0.15, 0.2) is 0 Å². The fourth-order valence-electron chi connectivity index (χ4n) is 1.60. The van der Waals surface area contributed by atoms with Crippen LogP contribution in [0, 0.1) is 6.92 Å². The molecule has 82 valence electrons. The molecule has 0 heterocycles. The van der Waals surface area contributed by atoms with Gasteiger partial charge < -0.3 is 0 Å². The molecular weight excluding hydrogens is 203 g/mol. The maximum absolute atomic E-state index is 12.7. The quantitative estimate of drug-likeness (QED) is 0.682. The molecule has 1 fully saturated rings. The lowest BCUT2D eigenvalue weighted by Crippen LogP contribution is -2.39. The molecule has 0 amide bonds. The Morgan fingerprint density at radius 3 is 2.07 bits per heavy atom. The summed E-state index contributed by atoms with van der Waals surface area (Å²) in [5.74, 6) is 0. The van der Waals surface area contributed by atoms with Crippen molar-refractivity contribution in [2.24, 2.45) is 0 Å². The molecule has 0 bridgehead atoms. The highest BCUT2D eigenvalue weighted by atomic mass is 19.4. The molecule has 1 aromatic rings. The van der Waals surface area contributed by atoms with E-state index in [4.69, 9.17) is 0 Å². The second kappa shape index (κ2) is 3.43. The molecule has 15 heavy (non-hydrogen) atoms. The molecule has 0 N–H and O–H groups in total. The molecule has 1 aliphatic rings. The summed E-state index contributed by atoms with van der Waals surface area (Å²) in [7, 11) is 0. The van der Waals surface area contributed by atoms with E-state index in [1.807, 2.05) is 6.92 Å². The predicted octanol–water partition coefficient (Wildman–Crippen LogP) is 3.48. The first-order chi connectivity index (χ1) is 6.98. The van der Waals surface area contributed by atoms with Gasteiger partial charge >= 0.3 is 6.30 Å². The van der Waals surface area contributed by atoms with Crippen LogP contribution in [0.3, 0.4) is 0 Å². The van der Waals surface area contributed by atoms with Crippen LogP contribution in [-0.2, 0) is 0 Å². The van der Waals surface area contributed by atoms with Crippen LogP contribution in [-0.4, -0.2) is 12.3 Å². The lowest BCUT2D eigenvalue weighted by Gasteiger charge is -2.26. The van der Waals surface area contributed by atoms with Gasteiger partial charge in [-0.25, -0.2) is 0 Å². The largest absolute Gasteiger partial charge is 0.485 e. The first-order valence-electron chi connectivity index (χ1n) is 4.91. The van der Waals surface area contributed by atoms with Crippen molar-refractivity contribution in [2.75, 3.05) is 4.90 Å². The molecule has 1 aliphatic carbocycles. The van der Waals surface area contributed by atoms with Gasteiger partial charge in [-0.1, -0.05) is 17.7 Å². The maximum atomic E-state index is 12.7. The molecule has 1 nitrogen and oxygen atoms in total. The van der Waals surface area contributed by atoms with Crippen LogP contribution in [0.15, 0.2) is 24.3 Å². The SMILES string of the molecule is Cc1ccc(N(C2CC2)C(F)(F)F)cc1. The fourth-order valence-corrected chi connectivity index (χ4v) is 1.60. The van der Waals surface area contributed by atoms with Crippen molar-refractivity contribution in [3.63, 3.8) is 0 Å². The summed E-state index contributed by atoms with van der Waals surface area (Å²) in [6.45, 7) is 1.86. The third-order valence-electron chi connectivity index (χ3n) is 2.50. The zero-order valence-electron chi connectivity index (χ0n) is 8.38.